The minimum atomic E-state index is -0.996. The molecule has 1 aromatic carbocycles. The van der Waals surface area contributed by atoms with Crippen LogP contribution in [0.2, 0.25) is 0 Å². The molecule has 1 rings (SSSR count). The van der Waals surface area contributed by atoms with Gasteiger partial charge >= 0.3 is 12.0 Å². The molecule has 0 radical (unpaired) electrons. The molecule has 3 N–H and O–H groups in total. The number of aromatic carboxylic acids is 1. The van der Waals surface area contributed by atoms with Gasteiger partial charge in [-0.05, 0) is 37.6 Å². The quantitative estimate of drug-likeness (QED) is 0.712. The smallest absolute Gasteiger partial charge is 0.335 e. The maximum Gasteiger partial charge on any atom is 0.335 e. The maximum absolute atomic E-state index is 11.5. The first-order valence-electron chi connectivity index (χ1n) is 5.31. The van der Waals surface area contributed by atoms with Gasteiger partial charge in [0.25, 0.3) is 0 Å². The fourth-order valence-corrected chi connectivity index (χ4v) is 1.39. The molecule has 94 valence electrons. The molecule has 0 saturated carbocycles. The number of anilines is 1. The van der Waals surface area contributed by atoms with E-state index < -0.39 is 12.0 Å². The Morgan fingerprint density at radius 2 is 2.11 bits per heavy atom. The molecule has 0 aliphatic heterocycles. The summed E-state index contributed by atoms with van der Waals surface area (Å²) < 4.78 is 0. The van der Waals surface area contributed by atoms with Crippen LogP contribution in [-0.4, -0.2) is 23.1 Å². The Bertz CT molecular complexity index is 517. The molecule has 0 bridgehead atoms. The lowest BCUT2D eigenvalue weighted by molar-refractivity contribution is 0.0696. The second kappa shape index (κ2) is 5.73. The van der Waals surface area contributed by atoms with Gasteiger partial charge in [-0.1, -0.05) is 5.92 Å². The molecule has 1 aromatic rings. The van der Waals surface area contributed by atoms with Crippen LogP contribution in [0.4, 0.5) is 10.5 Å². The van der Waals surface area contributed by atoms with Gasteiger partial charge in [0.1, 0.15) is 0 Å². The average Bonchev–Trinajstić information content (AvgIpc) is 2.28. The Kier molecular flexibility index (Phi) is 4.33. The van der Waals surface area contributed by atoms with Gasteiger partial charge in [-0.2, -0.15) is 0 Å². The minimum absolute atomic E-state index is 0.206. The van der Waals surface area contributed by atoms with Crippen LogP contribution in [0, 0.1) is 19.3 Å². The predicted octanol–water partition coefficient (Wildman–Crippen LogP) is 1.84. The number of rotatable bonds is 3. The number of aryl methyl sites for hydroxylation is 1. The number of urea groups is 1. The SMILES string of the molecule is C#CC(C)NC(=O)Nc1ccc(C(=O)O)c(C)c1. The summed E-state index contributed by atoms with van der Waals surface area (Å²) >= 11 is 0. The molecular weight excluding hydrogens is 232 g/mol. The van der Waals surface area contributed by atoms with Gasteiger partial charge in [-0.3, -0.25) is 0 Å². The Labute approximate surface area is 105 Å². The summed E-state index contributed by atoms with van der Waals surface area (Å²) in [6.45, 7) is 3.34. The summed E-state index contributed by atoms with van der Waals surface area (Å²) in [6, 6.07) is 3.75. The number of benzene rings is 1. The highest BCUT2D eigenvalue weighted by Crippen LogP contribution is 2.15. The molecule has 18 heavy (non-hydrogen) atoms. The molecule has 5 nitrogen and oxygen atoms in total. The van der Waals surface area contributed by atoms with Crippen LogP contribution < -0.4 is 10.6 Å². The zero-order chi connectivity index (χ0) is 13.7. The van der Waals surface area contributed by atoms with Gasteiger partial charge < -0.3 is 15.7 Å². The molecule has 0 saturated heterocycles. The fraction of sp³-hybridized carbons (Fsp3) is 0.231. The largest absolute Gasteiger partial charge is 0.478 e. The highest BCUT2D eigenvalue weighted by molar-refractivity contribution is 5.92. The number of carbonyl (C=O) groups excluding carboxylic acids is 1. The lowest BCUT2D eigenvalue weighted by Gasteiger charge is -2.10. The molecule has 1 unspecified atom stereocenters. The van der Waals surface area contributed by atoms with Crippen LogP contribution in [-0.2, 0) is 0 Å². The minimum Gasteiger partial charge on any atom is -0.478 e. The van der Waals surface area contributed by atoms with E-state index in [-0.39, 0.29) is 11.6 Å². The van der Waals surface area contributed by atoms with Crippen molar-refractivity contribution in [1.82, 2.24) is 5.32 Å². The topological polar surface area (TPSA) is 78.4 Å². The van der Waals surface area contributed by atoms with Crippen molar-refractivity contribution in [2.24, 2.45) is 0 Å². The third-order valence-corrected chi connectivity index (χ3v) is 2.31. The van der Waals surface area contributed by atoms with E-state index in [2.05, 4.69) is 16.6 Å². The van der Waals surface area contributed by atoms with E-state index in [9.17, 15) is 9.59 Å². The first-order chi connectivity index (χ1) is 8.43. The van der Waals surface area contributed by atoms with E-state index in [1.807, 2.05) is 0 Å². The second-order valence-corrected chi connectivity index (χ2v) is 3.82. The maximum atomic E-state index is 11.5. The van der Waals surface area contributed by atoms with Gasteiger partial charge in [-0.25, -0.2) is 9.59 Å². The average molecular weight is 246 g/mol. The van der Waals surface area contributed by atoms with Crippen LogP contribution in [0.15, 0.2) is 18.2 Å². The number of carbonyl (C=O) groups is 2. The van der Waals surface area contributed by atoms with E-state index in [0.717, 1.165) is 0 Å². The van der Waals surface area contributed by atoms with Crippen molar-refractivity contribution in [2.75, 3.05) is 5.32 Å². The van der Waals surface area contributed by atoms with Gasteiger partial charge in [0.15, 0.2) is 0 Å². The van der Waals surface area contributed by atoms with Gasteiger partial charge in [0.2, 0.25) is 0 Å². The molecular formula is C13H14N2O3. The first kappa shape index (κ1) is 13.6. The third-order valence-electron chi connectivity index (χ3n) is 2.31. The molecule has 5 heteroatoms. The Hall–Kier alpha value is -2.48. The van der Waals surface area contributed by atoms with Gasteiger partial charge in [0, 0.05) is 5.69 Å². The number of carboxylic acid groups (broad SMARTS) is 1. The molecule has 0 aliphatic carbocycles. The van der Waals surface area contributed by atoms with Crippen LogP contribution in [0.3, 0.4) is 0 Å². The summed E-state index contributed by atoms with van der Waals surface area (Å²) in [4.78, 5) is 22.3. The fourth-order valence-electron chi connectivity index (χ4n) is 1.39. The predicted molar refractivity (Wildman–Crippen MR) is 68.6 cm³/mol. The van der Waals surface area contributed by atoms with Crippen LogP contribution in [0.5, 0.6) is 0 Å². The van der Waals surface area contributed by atoms with Crippen molar-refractivity contribution in [3.8, 4) is 12.3 Å². The lowest BCUT2D eigenvalue weighted by atomic mass is 10.1. The van der Waals surface area contributed by atoms with Crippen molar-refractivity contribution >= 4 is 17.7 Å². The van der Waals surface area contributed by atoms with E-state index in [0.29, 0.717) is 11.3 Å². The van der Waals surface area contributed by atoms with E-state index in [1.54, 1.807) is 19.9 Å². The number of nitrogens with one attached hydrogen (secondary N) is 2. The van der Waals surface area contributed by atoms with Gasteiger partial charge in [-0.15, -0.1) is 6.42 Å². The van der Waals surface area contributed by atoms with Gasteiger partial charge in [0.05, 0.1) is 11.6 Å². The van der Waals surface area contributed by atoms with Crippen molar-refractivity contribution in [3.05, 3.63) is 29.3 Å². The summed E-state index contributed by atoms with van der Waals surface area (Å²) in [5.41, 5.74) is 1.29. The Morgan fingerprint density at radius 3 is 2.61 bits per heavy atom. The number of hydrogen-bond acceptors (Lipinski definition) is 2. The molecule has 0 spiro atoms. The number of hydrogen-bond donors (Lipinski definition) is 3. The standard InChI is InChI=1S/C13H14N2O3/c1-4-9(3)14-13(18)15-10-5-6-11(12(16)17)8(2)7-10/h1,5-7,9H,2-3H3,(H,16,17)(H2,14,15,18). The number of carboxylic acids is 1. The molecule has 1 atom stereocenters. The monoisotopic (exact) mass is 246 g/mol. The van der Waals surface area contributed by atoms with Crippen molar-refractivity contribution in [3.63, 3.8) is 0 Å². The molecule has 0 aliphatic rings. The zero-order valence-electron chi connectivity index (χ0n) is 10.2. The highest BCUT2D eigenvalue weighted by atomic mass is 16.4. The number of terminal acetylenes is 1. The lowest BCUT2D eigenvalue weighted by Crippen LogP contribution is -2.35. The van der Waals surface area contributed by atoms with E-state index >= 15 is 0 Å². The first-order valence-corrected chi connectivity index (χ1v) is 5.31. The second-order valence-electron chi connectivity index (χ2n) is 3.82. The van der Waals surface area contributed by atoms with E-state index in [4.69, 9.17) is 11.5 Å². The molecule has 2 amide bonds. The molecule has 0 heterocycles. The highest BCUT2D eigenvalue weighted by Gasteiger charge is 2.09. The normalized spacial score (nSPS) is 11.2. The summed E-state index contributed by atoms with van der Waals surface area (Å²) in [7, 11) is 0. The van der Waals surface area contributed by atoms with Crippen molar-refractivity contribution in [1.29, 1.82) is 0 Å². The molecule has 0 fully saturated rings. The van der Waals surface area contributed by atoms with Crippen molar-refractivity contribution < 1.29 is 14.7 Å². The molecule has 0 aromatic heterocycles. The van der Waals surface area contributed by atoms with E-state index in [1.165, 1.54) is 12.1 Å². The third kappa shape index (κ3) is 3.52. The van der Waals surface area contributed by atoms with Crippen molar-refractivity contribution in [2.45, 2.75) is 19.9 Å². The van der Waals surface area contributed by atoms with Crippen LogP contribution in [0.1, 0.15) is 22.8 Å². The zero-order valence-corrected chi connectivity index (χ0v) is 10.2. The van der Waals surface area contributed by atoms with Crippen LogP contribution in [0.25, 0.3) is 0 Å². The Balaban J connectivity index is 2.75. The Morgan fingerprint density at radius 1 is 1.44 bits per heavy atom. The van der Waals surface area contributed by atoms with Crippen LogP contribution >= 0.6 is 0 Å². The summed E-state index contributed by atoms with van der Waals surface area (Å²) in [5.74, 6) is 1.37. The number of amides is 2. The summed E-state index contributed by atoms with van der Waals surface area (Å²) in [5, 5.41) is 14.0. The summed E-state index contributed by atoms with van der Waals surface area (Å²) in [6.07, 6.45) is 5.13.